The maximum atomic E-state index is 9.86. The van der Waals surface area contributed by atoms with Crippen LogP contribution in [0.3, 0.4) is 0 Å². The van der Waals surface area contributed by atoms with Gasteiger partial charge in [0.15, 0.2) is 0 Å². The molecule has 1 rings (SSSR count). The highest BCUT2D eigenvalue weighted by atomic mass is 16.5. The molecule has 0 amide bonds. The number of aliphatic imine (C=N–C) groups is 1. The minimum atomic E-state index is 0.202. The lowest BCUT2D eigenvalue weighted by atomic mass is 10.1. The zero-order chi connectivity index (χ0) is 11.8. The minimum Gasteiger partial charge on any atom is -0.491 e. The summed E-state index contributed by atoms with van der Waals surface area (Å²) >= 11 is 0. The molecular formula is C13H17NO2. The quantitative estimate of drug-likeness (QED) is 0.419. The van der Waals surface area contributed by atoms with Gasteiger partial charge in [-0.15, -0.1) is 0 Å². The van der Waals surface area contributed by atoms with Crippen LogP contribution in [0, 0.1) is 0 Å². The van der Waals surface area contributed by atoms with Gasteiger partial charge in [-0.25, -0.2) is 9.79 Å². The highest BCUT2D eigenvalue weighted by Crippen LogP contribution is 2.14. The van der Waals surface area contributed by atoms with Crippen molar-refractivity contribution in [1.29, 1.82) is 0 Å². The molecule has 0 spiro atoms. The SMILES string of the molecule is CC(C)Oc1ccc(CCCN=C=O)cc1. The zero-order valence-electron chi connectivity index (χ0n) is 9.77. The largest absolute Gasteiger partial charge is 0.491 e. The monoisotopic (exact) mass is 219 g/mol. The Bertz CT molecular complexity index is 351. The van der Waals surface area contributed by atoms with E-state index in [9.17, 15) is 4.79 Å². The van der Waals surface area contributed by atoms with Gasteiger partial charge in [0.25, 0.3) is 0 Å². The summed E-state index contributed by atoms with van der Waals surface area (Å²) in [6, 6.07) is 8.03. The smallest absolute Gasteiger partial charge is 0.234 e. The number of hydrogen-bond acceptors (Lipinski definition) is 3. The van der Waals surface area contributed by atoms with Crippen molar-refractivity contribution in [1.82, 2.24) is 0 Å². The van der Waals surface area contributed by atoms with Crippen LogP contribution < -0.4 is 4.74 Å². The van der Waals surface area contributed by atoms with E-state index in [0.29, 0.717) is 6.54 Å². The Kier molecular flexibility index (Phi) is 5.30. The van der Waals surface area contributed by atoms with E-state index >= 15 is 0 Å². The van der Waals surface area contributed by atoms with Crippen LogP contribution >= 0.6 is 0 Å². The molecule has 3 heteroatoms. The van der Waals surface area contributed by atoms with Gasteiger partial charge in [0.05, 0.1) is 12.6 Å². The van der Waals surface area contributed by atoms with E-state index < -0.39 is 0 Å². The molecule has 0 aliphatic rings. The Morgan fingerprint density at radius 2 is 2.00 bits per heavy atom. The number of rotatable bonds is 6. The van der Waals surface area contributed by atoms with Crippen molar-refractivity contribution >= 4 is 6.08 Å². The van der Waals surface area contributed by atoms with E-state index in [4.69, 9.17) is 4.74 Å². The summed E-state index contributed by atoms with van der Waals surface area (Å²) in [5.41, 5.74) is 1.23. The predicted molar refractivity (Wildman–Crippen MR) is 63.5 cm³/mol. The molecule has 0 radical (unpaired) electrons. The summed E-state index contributed by atoms with van der Waals surface area (Å²) in [4.78, 5) is 13.4. The van der Waals surface area contributed by atoms with Crippen LogP contribution in [0.5, 0.6) is 5.75 Å². The van der Waals surface area contributed by atoms with Gasteiger partial charge < -0.3 is 4.74 Å². The van der Waals surface area contributed by atoms with Crippen molar-refractivity contribution in [3.63, 3.8) is 0 Å². The Labute approximate surface area is 96.2 Å². The van der Waals surface area contributed by atoms with Crippen molar-refractivity contribution in [3.05, 3.63) is 29.8 Å². The number of carbonyl (C=O) groups excluding carboxylic acids is 1. The summed E-state index contributed by atoms with van der Waals surface area (Å²) in [7, 11) is 0. The van der Waals surface area contributed by atoms with Gasteiger partial charge in [0.2, 0.25) is 6.08 Å². The van der Waals surface area contributed by atoms with Crippen molar-refractivity contribution in [2.45, 2.75) is 32.8 Å². The minimum absolute atomic E-state index is 0.202. The third kappa shape index (κ3) is 4.76. The van der Waals surface area contributed by atoms with Gasteiger partial charge in [-0.1, -0.05) is 12.1 Å². The standard InChI is InChI=1S/C13H17NO2/c1-11(2)16-13-7-5-12(6-8-13)4-3-9-14-10-15/h5-8,11H,3-4,9H2,1-2H3. The molecule has 0 fully saturated rings. The fraction of sp³-hybridized carbons (Fsp3) is 0.462. The average molecular weight is 219 g/mol. The third-order valence-corrected chi connectivity index (χ3v) is 2.10. The Balaban J connectivity index is 2.41. The topological polar surface area (TPSA) is 38.7 Å². The molecule has 1 aromatic carbocycles. The second-order valence-electron chi connectivity index (χ2n) is 3.89. The van der Waals surface area contributed by atoms with Crippen LogP contribution in [0.1, 0.15) is 25.8 Å². The van der Waals surface area contributed by atoms with Crippen LogP contribution in [-0.2, 0) is 11.2 Å². The average Bonchev–Trinajstić information content (AvgIpc) is 2.26. The van der Waals surface area contributed by atoms with Gasteiger partial charge in [-0.05, 0) is 44.4 Å². The second kappa shape index (κ2) is 6.81. The van der Waals surface area contributed by atoms with Gasteiger partial charge in [0, 0.05) is 0 Å². The fourth-order valence-electron chi connectivity index (χ4n) is 1.41. The van der Waals surface area contributed by atoms with Crippen molar-refractivity contribution in [2.75, 3.05) is 6.54 Å². The predicted octanol–water partition coefficient (Wildman–Crippen LogP) is 2.74. The van der Waals surface area contributed by atoms with E-state index in [1.807, 2.05) is 38.1 Å². The normalized spacial score (nSPS) is 9.94. The highest BCUT2D eigenvalue weighted by molar-refractivity contribution is 5.32. The van der Waals surface area contributed by atoms with Gasteiger partial charge in [-0.3, -0.25) is 0 Å². The van der Waals surface area contributed by atoms with Crippen LogP contribution in [0.4, 0.5) is 0 Å². The van der Waals surface area contributed by atoms with E-state index in [0.717, 1.165) is 18.6 Å². The summed E-state index contributed by atoms with van der Waals surface area (Å²) < 4.78 is 5.54. The van der Waals surface area contributed by atoms with Crippen molar-refractivity contribution in [3.8, 4) is 5.75 Å². The second-order valence-corrected chi connectivity index (χ2v) is 3.89. The summed E-state index contributed by atoms with van der Waals surface area (Å²) in [5.74, 6) is 0.893. The number of isocyanates is 1. The molecule has 1 aromatic rings. The first-order chi connectivity index (χ1) is 7.72. The van der Waals surface area contributed by atoms with Crippen LogP contribution in [0.25, 0.3) is 0 Å². The molecular weight excluding hydrogens is 202 g/mol. The molecule has 0 aliphatic heterocycles. The first-order valence-electron chi connectivity index (χ1n) is 5.51. The molecule has 3 nitrogen and oxygen atoms in total. The van der Waals surface area contributed by atoms with E-state index in [-0.39, 0.29) is 6.10 Å². The summed E-state index contributed by atoms with van der Waals surface area (Å²) in [6.45, 7) is 4.56. The number of hydrogen-bond donors (Lipinski definition) is 0. The molecule has 0 aliphatic carbocycles. The zero-order valence-corrected chi connectivity index (χ0v) is 9.77. The first-order valence-corrected chi connectivity index (χ1v) is 5.51. The van der Waals surface area contributed by atoms with Crippen LogP contribution in [0.2, 0.25) is 0 Å². The highest BCUT2D eigenvalue weighted by Gasteiger charge is 1.97. The van der Waals surface area contributed by atoms with Crippen LogP contribution in [-0.4, -0.2) is 18.7 Å². The molecule has 16 heavy (non-hydrogen) atoms. The molecule has 0 aromatic heterocycles. The lowest BCUT2D eigenvalue weighted by Crippen LogP contribution is -2.05. The first kappa shape index (κ1) is 12.5. The van der Waals surface area contributed by atoms with Crippen molar-refractivity contribution in [2.24, 2.45) is 4.99 Å². The molecule has 0 heterocycles. The van der Waals surface area contributed by atoms with E-state index in [1.165, 1.54) is 11.6 Å². The van der Waals surface area contributed by atoms with Gasteiger partial charge in [-0.2, -0.15) is 0 Å². The number of nitrogens with zero attached hydrogens (tertiary/aromatic N) is 1. The number of aryl methyl sites for hydroxylation is 1. The van der Waals surface area contributed by atoms with Gasteiger partial charge in [0.1, 0.15) is 5.75 Å². The third-order valence-electron chi connectivity index (χ3n) is 2.10. The molecule has 0 atom stereocenters. The number of ether oxygens (including phenoxy) is 1. The summed E-state index contributed by atoms with van der Waals surface area (Å²) in [5, 5.41) is 0. The molecule has 0 N–H and O–H groups in total. The van der Waals surface area contributed by atoms with Crippen molar-refractivity contribution < 1.29 is 9.53 Å². The Hall–Kier alpha value is -1.60. The van der Waals surface area contributed by atoms with E-state index in [2.05, 4.69) is 4.99 Å². The lowest BCUT2D eigenvalue weighted by Gasteiger charge is -2.09. The number of benzene rings is 1. The maximum Gasteiger partial charge on any atom is 0.234 e. The molecule has 0 saturated heterocycles. The van der Waals surface area contributed by atoms with E-state index in [1.54, 1.807) is 0 Å². The molecule has 0 saturated carbocycles. The Morgan fingerprint density at radius 3 is 2.56 bits per heavy atom. The Morgan fingerprint density at radius 1 is 1.31 bits per heavy atom. The molecule has 86 valence electrons. The molecule has 0 unspecified atom stereocenters. The maximum absolute atomic E-state index is 9.86. The fourth-order valence-corrected chi connectivity index (χ4v) is 1.41. The lowest BCUT2D eigenvalue weighted by molar-refractivity contribution is 0.242. The van der Waals surface area contributed by atoms with Gasteiger partial charge >= 0.3 is 0 Å². The molecule has 0 bridgehead atoms. The summed E-state index contributed by atoms with van der Waals surface area (Å²) in [6.07, 6.45) is 3.54. The van der Waals surface area contributed by atoms with Crippen LogP contribution in [0.15, 0.2) is 29.3 Å².